The van der Waals surface area contributed by atoms with Crippen LogP contribution < -0.4 is 10.0 Å². The summed E-state index contributed by atoms with van der Waals surface area (Å²) in [6, 6.07) is 3.41. The van der Waals surface area contributed by atoms with Gasteiger partial charge in [0.15, 0.2) is 0 Å². The van der Waals surface area contributed by atoms with E-state index < -0.39 is 22.2 Å². The minimum atomic E-state index is -4.72. The first-order valence-electron chi connectivity index (χ1n) is 9.18. The topological polar surface area (TPSA) is 76.7 Å². The summed E-state index contributed by atoms with van der Waals surface area (Å²) >= 11 is 0. The Morgan fingerprint density at radius 2 is 1.86 bits per heavy atom. The van der Waals surface area contributed by atoms with Crippen LogP contribution in [0.1, 0.15) is 30.0 Å². The van der Waals surface area contributed by atoms with Crippen LogP contribution in [0.5, 0.6) is 0 Å². The molecule has 1 aromatic carbocycles. The highest BCUT2D eigenvalue weighted by atomic mass is 32.2. The molecule has 0 bridgehead atoms. The average molecular weight is 422 g/mol. The Bertz CT molecular complexity index is 751. The van der Waals surface area contributed by atoms with Crippen molar-refractivity contribution in [3.63, 3.8) is 0 Å². The molecule has 3 atom stereocenters. The van der Waals surface area contributed by atoms with Gasteiger partial charge in [-0.05, 0) is 29.9 Å². The predicted octanol–water partition coefficient (Wildman–Crippen LogP) is 2.12. The summed E-state index contributed by atoms with van der Waals surface area (Å²) in [4.78, 5) is 0. The van der Waals surface area contributed by atoms with Crippen LogP contribution in [0.25, 0.3) is 0 Å². The van der Waals surface area contributed by atoms with Crippen LogP contribution in [0, 0.1) is 5.92 Å². The van der Waals surface area contributed by atoms with Crippen molar-refractivity contribution in [2.24, 2.45) is 5.92 Å². The molecule has 28 heavy (non-hydrogen) atoms. The molecule has 10 heteroatoms. The van der Waals surface area contributed by atoms with Gasteiger partial charge in [0.1, 0.15) is 6.04 Å². The van der Waals surface area contributed by atoms with Crippen molar-refractivity contribution in [3.8, 4) is 0 Å². The maximum atomic E-state index is 13.2. The quantitative estimate of drug-likeness (QED) is 0.671. The molecule has 6 nitrogen and oxygen atoms in total. The lowest BCUT2D eigenvalue weighted by Gasteiger charge is -2.30. The third-order valence-electron chi connectivity index (χ3n) is 4.77. The Morgan fingerprint density at radius 3 is 2.43 bits per heavy atom. The number of hydrogen-bond acceptors (Lipinski definition) is 5. The van der Waals surface area contributed by atoms with E-state index in [4.69, 9.17) is 9.47 Å². The van der Waals surface area contributed by atoms with Crippen LogP contribution in [0.2, 0.25) is 0 Å². The Labute approximate surface area is 162 Å². The summed E-state index contributed by atoms with van der Waals surface area (Å²) in [5.74, 6) is 0.609. The molecular weight excluding hydrogens is 397 g/mol. The lowest BCUT2D eigenvalue weighted by molar-refractivity contribution is -0.153. The van der Waals surface area contributed by atoms with Gasteiger partial charge in [0.2, 0.25) is 10.0 Å². The molecule has 1 saturated heterocycles. The van der Waals surface area contributed by atoms with Gasteiger partial charge < -0.3 is 14.8 Å². The highest BCUT2D eigenvalue weighted by Gasteiger charge is 2.42. The number of rotatable bonds is 8. The van der Waals surface area contributed by atoms with Gasteiger partial charge in [0.25, 0.3) is 0 Å². The second-order valence-electron chi connectivity index (χ2n) is 7.41. The van der Waals surface area contributed by atoms with Gasteiger partial charge in [-0.1, -0.05) is 24.3 Å². The van der Waals surface area contributed by atoms with Crippen molar-refractivity contribution in [1.29, 1.82) is 0 Å². The molecule has 2 fully saturated rings. The molecule has 3 rings (SSSR count). The van der Waals surface area contributed by atoms with Crippen molar-refractivity contribution in [3.05, 3.63) is 35.4 Å². The minimum Gasteiger partial charge on any atom is -0.376 e. The molecule has 1 aliphatic heterocycles. The average Bonchev–Trinajstić information content (AvgIpc) is 3.44. The molecule has 2 aliphatic rings. The van der Waals surface area contributed by atoms with Crippen LogP contribution in [-0.4, -0.2) is 52.8 Å². The minimum absolute atomic E-state index is 0.0350. The van der Waals surface area contributed by atoms with Crippen LogP contribution in [0.4, 0.5) is 13.2 Å². The molecule has 1 saturated carbocycles. The van der Waals surface area contributed by atoms with Crippen molar-refractivity contribution >= 4 is 10.0 Å². The van der Waals surface area contributed by atoms with E-state index in [2.05, 4.69) is 5.32 Å². The zero-order chi connectivity index (χ0) is 20.4. The van der Waals surface area contributed by atoms with E-state index in [-0.39, 0.29) is 17.8 Å². The van der Waals surface area contributed by atoms with Crippen molar-refractivity contribution < 1.29 is 31.1 Å². The number of halogens is 3. The van der Waals surface area contributed by atoms with E-state index in [1.165, 1.54) is 25.0 Å². The van der Waals surface area contributed by atoms with E-state index in [0.717, 1.165) is 5.56 Å². The second kappa shape index (κ2) is 8.66. The molecule has 2 unspecified atom stereocenters. The van der Waals surface area contributed by atoms with Crippen LogP contribution in [0.3, 0.4) is 0 Å². The number of ether oxygens (including phenoxy) is 2. The molecular formula is C18H25F3N2O4S. The van der Waals surface area contributed by atoms with E-state index in [9.17, 15) is 21.6 Å². The second-order valence-corrected chi connectivity index (χ2v) is 9.19. The van der Waals surface area contributed by atoms with Gasteiger partial charge >= 0.3 is 6.18 Å². The lowest BCUT2D eigenvalue weighted by Crippen LogP contribution is -2.42. The number of nitrogens with one attached hydrogen (secondary N) is 2. The molecule has 0 amide bonds. The Kier molecular flexibility index (Phi) is 6.65. The van der Waals surface area contributed by atoms with Crippen LogP contribution >= 0.6 is 0 Å². The molecule has 0 radical (unpaired) electrons. The SMILES string of the molecule is CS(=O)(=O)N[C@@H](c1ccc(CNCC2COCC(C3CC3)O2)cc1)C(F)(F)F. The van der Waals surface area contributed by atoms with E-state index in [0.29, 0.717) is 38.5 Å². The fraction of sp³-hybridized carbons (Fsp3) is 0.667. The van der Waals surface area contributed by atoms with Gasteiger partial charge in [-0.2, -0.15) is 17.9 Å². The van der Waals surface area contributed by atoms with Crippen LogP contribution in [-0.2, 0) is 26.0 Å². The number of benzene rings is 1. The van der Waals surface area contributed by atoms with Gasteiger partial charge in [-0.3, -0.25) is 0 Å². The van der Waals surface area contributed by atoms with Gasteiger partial charge in [0, 0.05) is 13.1 Å². The highest BCUT2D eigenvalue weighted by Crippen LogP contribution is 2.36. The molecule has 2 N–H and O–H groups in total. The number of alkyl halides is 3. The van der Waals surface area contributed by atoms with E-state index in [1.54, 1.807) is 16.9 Å². The Hall–Kier alpha value is -1.20. The lowest BCUT2D eigenvalue weighted by atomic mass is 10.1. The maximum absolute atomic E-state index is 13.2. The first-order chi connectivity index (χ1) is 13.1. The largest absolute Gasteiger partial charge is 0.408 e. The molecule has 1 heterocycles. The summed E-state index contributed by atoms with van der Waals surface area (Å²) in [6.45, 7) is 2.22. The zero-order valence-electron chi connectivity index (χ0n) is 15.5. The third-order valence-corrected chi connectivity index (χ3v) is 5.44. The number of hydrogen-bond donors (Lipinski definition) is 2. The predicted molar refractivity (Wildman–Crippen MR) is 97.1 cm³/mol. The monoisotopic (exact) mass is 422 g/mol. The fourth-order valence-electron chi connectivity index (χ4n) is 3.21. The molecule has 0 aromatic heterocycles. The summed E-state index contributed by atoms with van der Waals surface area (Å²) in [5, 5.41) is 3.23. The van der Waals surface area contributed by atoms with Gasteiger partial charge in [0.05, 0.1) is 31.7 Å². The number of sulfonamides is 1. The van der Waals surface area contributed by atoms with E-state index >= 15 is 0 Å². The summed E-state index contributed by atoms with van der Waals surface area (Å²) in [5.41, 5.74) is 0.637. The summed E-state index contributed by atoms with van der Waals surface area (Å²) < 4.78 is 75.2. The molecule has 1 aliphatic carbocycles. The Balaban J connectivity index is 1.52. The van der Waals surface area contributed by atoms with Crippen molar-refractivity contribution in [2.75, 3.05) is 26.0 Å². The van der Waals surface area contributed by atoms with Gasteiger partial charge in [-0.25, -0.2) is 8.42 Å². The maximum Gasteiger partial charge on any atom is 0.408 e. The smallest absolute Gasteiger partial charge is 0.376 e. The zero-order valence-corrected chi connectivity index (χ0v) is 16.4. The third kappa shape index (κ3) is 6.41. The van der Waals surface area contributed by atoms with Crippen LogP contribution in [0.15, 0.2) is 24.3 Å². The molecule has 1 aromatic rings. The Morgan fingerprint density at radius 1 is 1.18 bits per heavy atom. The first kappa shape index (κ1) is 21.5. The van der Waals surface area contributed by atoms with Gasteiger partial charge in [-0.15, -0.1) is 0 Å². The standard InChI is InChI=1S/C18H25F3N2O4S/c1-28(24,25)23-17(18(19,20)21)14-4-2-12(3-5-14)8-22-9-15-10-26-11-16(27-15)13-6-7-13/h2-5,13,15-17,22-23H,6-11H2,1H3/t15?,16?,17-/m0/s1. The summed E-state index contributed by atoms with van der Waals surface area (Å²) in [6.07, 6.45) is -1.51. The molecule has 158 valence electrons. The normalized spacial score (nSPS) is 24.9. The van der Waals surface area contributed by atoms with Crippen molar-refractivity contribution in [2.45, 2.75) is 43.8 Å². The first-order valence-corrected chi connectivity index (χ1v) is 11.1. The van der Waals surface area contributed by atoms with Crippen molar-refractivity contribution in [1.82, 2.24) is 10.0 Å². The van der Waals surface area contributed by atoms with E-state index in [1.807, 2.05) is 0 Å². The summed E-state index contributed by atoms with van der Waals surface area (Å²) in [7, 11) is -4.01. The fourth-order valence-corrected chi connectivity index (χ4v) is 3.90. The molecule has 0 spiro atoms. The highest BCUT2D eigenvalue weighted by molar-refractivity contribution is 7.88.